The second-order valence-corrected chi connectivity index (χ2v) is 16.1. The molecule has 0 heterocycles. The summed E-state index contributed by atoms with van der Waals surface area (Å²) in [6, 6.07) is 53.5. The molecule has 0 unspecified atom stereocenters. The van der Waals surface area contributed by atoms with Crippen LogP contribution in [0.2, 0.25) is 0 Å². The van der Waals surface area contributed by atoms with Crippen molar-refractivity contribution in [1.82, 2.24) is 0 Å². The standard InChI is InChI=1S/C55H32F8N2/c56-35-17-25-38(26-18-35)64(37-21-13-33(14-22-37)54(58,59)60)41-29-30-46-49(31-41)53(47-11-5-3-7-42(47)43-8-4-6-12-48(43)53)50-32-51(44-9-1-2-10-45(44)52(46)50)65(40-27-19-36(57)20-28-40)39-23-15-34(16-24-39)55(61,62)63/h1-32H. The maximum Gasteiger partial charge on any atom is 0.416 e. The zero-order valence-corrected chi connectivity index (χ0v) is 33.9. The summed E-state index contributed by atoms with van der Waals surface area (Å²) in [7, 11) is 0. The Morgan fingerprint density at radius 2 is 0.754 bits per heavy atom. The van der Waals surface area contributed by atoms with E-state index in [1.165, 1.54) is 48.5 Å². The lowest BCUT2D eigenvalue weighted by Crippen LogP contribution is -2.26. The van der Waals surface area contributed by atoms with Gasteiger partial charge in [0.1, 0.15) is 11.6 Å². The van der Waals surface area contributed by atoms with Gasteiger partial charge in [0.15, 0.2) is 0 Å². The lowest BCUT2D eigenvalue weighted by molar-refractivity contribution is -0.138. The van der Waals surface area contributed by atoms with E-state index in [9.17, 15) is 35.1 Å². The molecule has 0 atom stereocenters. The number of hydrogen-bond donors (Lipinski definition) is 0. The summed E-state index contributed by atoms with van der Waals surface area (Å²) in [6.45, 7) is 0. The van der Waals surface area contributed by atoms with Crippen molar-refractivity contribution in [3.05, 3.63) is 239 Å². The summed E-state index contributed by atoms with van der Waals surface area (Å²) in [5.74, 6) is -0.951. The molecule has 11 rings (SSSR count). The average Bonchev–Trinajstić information content (AvgIpc) is 3.77. The first-order chi connectivity index (χ1) is 31.3. The van der Waals surface area contributed by atoms with Crippen LogP contribution in [0.5, 0.6) is 0 Å². The van der Waals surface area contributed by atoms with Crippen molar-refractivity contribution in [3.63, 3.8) is 0 Å². The van der Waals surface area contributed by atoms with Crippen molar-refractivity contribution in [2.75, 3.05) is 9.80 Å². The van der Waals surface area contributed by atoms with Crippen LogP contribution < -0.4 is 9.80 Å². The van der Waals surface area contributed by atoms with Gasteiger partial charge < -0.3 is 9.80 Å². The maximum atomic E-state index is 14.6. The van der Waals surface area contributed by atoms with E-state index >= 15 is 0 Å². The normalized spacial score (nSPS) is 13.4. The molecule has 0 aromatic heterocycles. The number of halogens is 8. The van der Waals surface area contributed by atoms with Crippen molar-refractivity contribution in [2.24, 2.45) is 0 Å². The second-order valence-electron chi connectivity index (χ2n) is 16.1. The van der Waals surface area contributed by atoms with Gasteiger partial charge in [0.05, 0.1) is 22.2 Å². The van der Waals surface area contributed by atoms with E-state index in [2.05, 4.69) is 36.4 Å². The molecule has 1 spiro atoms. The molecule has 9 aromatic rings. The summed E-state index contributed by atoms with van der Waals surface area (Å²) in [5, 5.41) is 1.63. The number of rotatable bonds is 6. The number of benzene rings is 9. The quantitative estimate of drug-likeness (QED) is 0.154. The third-order valence-corrected chi connectivity index (χ3v) is 12.6. The predicted molar refractivity (Wildman–Crippen MR) is 240 cm³/mol. The maximum absolute atomic E-state index is 14.6. The Hall–Kier alpha value is -7.72. The molecule has 0 radical (unpaired) electrons. The zero-order chi connectivity index (χ0) is 44.8. The summed E-state index contributed by atoms with van der Waals surface area (Å²) >= 11 is 0. The molecule has 0 bridgehead atoms. The minimum atomic E-state index is -4.57. The van der Waals surface area contributed by atoms with Gasteiger partial charge in [0.2, 0.25) is 0 Å². The Bertz CT molecular complexity index is 3260. The number of fused-ring (bicyclic) bond motifs is 12. The summed E-state index contributed by atoms with van der Waals surface area (Å²) in [6.07, 6.45) is -9.13. The van der Waals surface area contributed by atoms with Crippen LogP contribution in [0.3, 0.4) is 0 Å². The van der Waals surface area contributed by atoms with Crippen LogP contribution in [0.1, 0.15) is 33.4 Å². The molecular weight excluding hydrogens is 841 g/mol. The molecule has 0 saturated heterocycles. The fourth-order valence-corrected chi connectivity index (χ4v) is 9.94. The third-order valence-electron chi connectivity index (χ3n) is 12.6. The fourth-order valence-electron chi connectivity index (χ4n) is 9.94. The largest absolute Gasteiger partial charge is 0.416 e. The van der Waals surface area contributed by atoms with Gasteiger partial charge in [0.25, 0.3) is 0 Å². The molecule has 2 aliphatic rings. The molecule has 9 aromatic carbocycles. The van der Waals surface area contributed by atoms with Gasteiger partial charge in [-0.1, -0.05) is 78.9 Å². The molecule has 65 heavy (non-hydrogen) atoms. The number of hydrogen-bond acceptors (Lipinski definition) is 2. The van der Waals surface area contributed by atoms with Crippen molar-refractivity contribution in [1.29, 1.82) is 0 Å². The lowest BCUT2D eigenvalue weighted by Gasteiger charge is -2.34. The van der Waals surface area contributed by atoms with Crippen LogP contribution in [0.4, 0.5) is 69.2 Å². The highest BCUT2D eigenvalue weighted by molar-refractivity contribution is 6.12. The second kappa shape index (κ2) is 14.7. The van der Waals surface area contributed by atoms with Crippen LogP contribution in [0.25, 0.3) is 33.0 Å². The Morgan fingerprint density at radius 3 is 1.25 bits per heavy atom. The van der Waals surface area contributed by atoms with E-state index < -0.39 is 40.5 Å². The Kier molecular flexibility index (Phi) is 9.05. The van der Waals surface area contributed by atoms with Gasteiger partial charge >= 0.3 is 12.4 Å². The SMILES string of the molecule is Fc1ccc(N(c2ccc(C(F)(F)F)cc2)c2ccc3c(c2)C2(c4ccccc4-c4ccccc42)c2cc(N(c4ccc(F)cc4)c4ccc(C(F)(F)F)cc4)c4ccccc4c2-3)cc1. The van der Waals surface area contributed by atoms with Crippen LogP contribution in [-0.4, -0.2) is 0 Å². The number of anilines is 6. The van der Waals surface area contributed by atoms with Crippen molar-refractivity contribution in [3.8, 4) is 22.3 Å². The van der Waals surface area contributed by atoms with E-state index in [1.54, 1.807) is 29.2 Å². The van der Waals surface area contributed by atoms with Gasteiger partial charge in [-0.15, -0.1) is 0 Å². The van der Waals surface area contributed by atoms with E-state index in [1.807, 2.05) is 65.6 Å². The highest BCUT2D eigenvalue weighted by Gasteiger charge is 2.53. The molecule has 2 aliphatic carbocycles. The van der Waals surface area contributed by atoms with Crippen LogP contribution in [-0.2, 0) is 17.8 Å². The van der Waals surface area contributed by atoms with Crippen molar-refractivity contribution in [2.45, 2.75) is 17.8 Å². The molecule has 318 valence electrons. The van der Waals surface area contributed by atoms with E-state index in [-0.39, 0.29) is 0 Å². The smallest absolute Gasteiger partial charge is 0.310 e. The molecule has 2 nitrogen and oxygen atoms in total. The van der Waals surface area contributed by atoms with Gasteiger partial charge in [-0.05, 0) is 165 Å². The average molecular weight is 873 g/mol. The lowest BCUT2D eigenvalue weighted by atomic mass is 9.70. The third kappa shape index (κ3) is 6.30. The molecule has 0 N–H and O–H groups in total. The Balaban J connectivity index is 1.22. The first kappa shape index (κ1) is 40.1. The van der Waals surface area contributed by atoms with E-state index in [4.69, 9.17) is 0 Å². The summed E-state index contributed by atoms with van der Waals surface area (Å²) in [4.78, 5) is 3.64. The van der Waals surface area contributed by atoms with E-state index in [0.717, 1.165) is 79.5 Å². The fraction of sp³-hybridized carbons (Fsp3) is 0.0545. The molecular formula is C55H32F8N2. The molecule has 10 heteroatoms. The van der Waals surface area contributed by atoms with Crippen LogP contribution in [0, 0.1) is 11.6 Å². The van der Waals surface area contributed by atoms with Crippen LogP contribution >= 0.6 is 0 Å². The van der Waals surface area contributed by atoms with Crippen LogP contribution in [0.15, 0.2) is 194 Å². The van der Waals surface area contributed by atoms with Gasteiger partial charge in [0, 0.05) is 33.8 Å². The monoisotopic (exact) mass is 872 g/mol. The molecule has 0 saturated carbocycles. The highest BCUT2D eigenvalue weighted by Crippen LogP contribution is 2.65. The van der Waals surface area contributed by atoms with E-state index in [0.29, 0.717) is 34.1 Å². The minimum absolute atomic E-state index is 0.417. The van der Waals surface area contributed by atoms with Gasteiger partial charge in [-0.3, -0.25) is 0 Å². The molecule has 0 amide bonds. The molecule has 0 aliphatic heterocycles. The number of alkyl halides is 6. The minimum Gasteiger partial charge on any atom is -0.310 e. The van der Waals surface area contributed by atoms with Gasteiger partial charge in [-0.2, -0.15) is 26.3 Å². The predicted octanol–water partition coefficient (Wildman–Crippen LogP) is 16.4. The Morgan fingerprint density at radius 1 is 0.338 bits per heavy atom. The first-order valence-corrected chi connectivity index (χ1v) is 20.7. The molecule has 0 fully saturated rings. The summed E-state index contributed by atoms with van der Waals surface area (Å²) < 4.78 is 112. The highest BCUT2D eigenvalue weighted by atomic mass is 19.4. The summed E-state index contributed by atoms with van der Waals surface area (Å²) in [5.41, 5.74) is 8.02. The topological polar surface area (TPSA) is 6.48 Å². The number of nitrogens with zero attached hydrogens (tertiary/aromatic N) is 2. The zero-order valence-electron chi connectivity index (χ0n) is 33.9. The Labute approximate surface area is 367 Å². The van der Waals surface area contributed by atoms with Crippen molar-refractivity contribution >= 4 is 44.9 Å². The first-order valence-electron chi connectivity index (χ1n) is 20.7. The van der Waals surface area contributed by atoms with Crippen molar-refractivity contribution < 1.29 is 35.1 Å². The van der Waals surface area contributed by atoms with Gasteiger partial charge in [-0.25, -0.2) is 8.78 Å².